The zero-order valence-electron chi connectivity index (χ0n) is 10.8. The van der Waals surface area contributed by atoms with E-state index in [4.69, 9.17) is 0 Å². The van der Waals surface area contributed by atoms with Crippen molar-refractivity contribution in [1.82, 2.24) is 0 Å². The molecule has 2 aromatic carbocycles. The predicted molar refractivity (Wildman–Crippen MR) is 73.9 cm³/mol. The van der Waals surface area contributed by atoms with E-state index in [2.05, 4.69) is 0 Å². The highest BCUT2D eigenvalue weighted by atomic mass is 19.4. The van der Waals surface area contributed by atoms with Gasteiger partial charge in [-0.2, -0.15) is 13.2 Å². The number of aldehydes is 1. The van der Waals surface area contributed by atoms with Gasteiger partial charge in [0.25, 0.3) is 0 Å². The van der Waals surface area contributed by atoms with Gasteiger partial charge in [0.15, 0.2) is 0 Å². The van der Waals surface area contributed by atoms with Crippen LogP contribution >= 0.6 is 0 Å². The van der Waals surface area contributed by atoms with Crippen molar-refractivity contribution in [1.29, 1.82) is 0 Å². The Labute approximate surface area is 119 Å². The number of halogens is 3. The van der Waals surface area contributed by atoms with Gasteiger partial charge in [-0.25, -0.2) is 0 Å². The maximum atomic E-state index is 12.6. The average molecular weight is 292 g/mol. The fraction of sp³-hybridized carbons (Fsp3) is 0.0625. The van der Waals surface area contributed by atoms with Gasteiger partial charge in [0.2, 0.25) is 0 Å². The normalized spacial score (nSPS) is 11.8. The van der Waals surface area contributed by atoms with E-state index >= 15 is 0 Å². The molecule has 2 aromatic rings. The summed E-state index contributed by atoms with van der Waals surface area (Å²) in [5, 5.41) is 9.65. The lowest BCUT2D eigenvalue weighted by Crippen LogP contribution is -2.04. The Morgan fingerprint density at radius 1 is 0.952 bits per heavy atom. The number of phenols is 1. The fourth-order valence-electron chi connectivity index (χ4n) is 1.78. The van der Waals surface area contributed by atoms with Gasteiger partial charge < -0.3 is 5.11 Å². The molecule has 0 aliphatic heterocycles. The van der Waals surface area contributed by atoms with Crippen LogP contribution in [0.25, 0.3) is 12.2 Å². The monoisotopic (exact) mass is 292 g/mol. The van der Waals surface area contributed by atoms with Gasteiger partial charge in [-0.05, 0) is 35.9 Å². The molecule has 108 valence electrons. The third-order valence-corrected chi connectivity index (χ3v) is 2.86. The first-order valence-corrected chi connectivity index (χ1v) is 6.04. The maximum Gasteiger partial charge on any atom is 0.416 e. The number of aromatic hydroxyl groups is 1. The smallest absolute Gasteiger partial charge is 0.416 e. The van der Waals surface area contributed by atoms with Crippen LogP contribution in [-0.4, -0.2) is 11.4 Å². The molecule has 0 heterocycles. The highest BCUT2D eigenvalue weighted by Crippen LogP contribution is 2.30. The Bertz CT molecular complexity index is 688. The van der Waals surface area contributed by atoms with E-state index in [-0.39, 0.29) is 5.75 Å². The van der Waals surface area contributed by atoms with E-state index in [0.717, 1.165) is 12.1 Å². The van der Waals surface area contributed by atoms with Crippen LogP contribution in [-0.2, 0) is 6.18 Å². The molecule has 0 bridgehead atoms. The molecule has 0 saturated heterocycles. The third-order valence-electron chi connectivity index (χ3n) is 2.86. The number of phenolic OH excluding ortho intramolecular Hbond substituents is 1. The zero-order chi connectivity index (χ0) is 15.5. The first kappa shape index (κ1) is 14.8. The van der Waals surface area contributed by atoms with Crippen molar-refractivity contribution in [3.8, 4) is 5.75 Å². The summed E-state index contributed by atoms with van der Waals surface area (Å²) >= 11 is 0. The molecule has 2 nitrogen and oxygen atoms in total. The van der Waals surface area contributed by atoms with Crippen molar-refractivity contribution in [2.24, 2.45) is 0 Å². The van der Waals surface area contributed by atoms with E-state index in [9.17, 15) is 23.1 Å². The molecule has 5 heteroatoms. The molecule has 0 aliphatic carbocycles. The Kier molecular flexibility index (Phi) is 4.12. The van der Waals surface area contributed by atoms with E-state index in [1.54, 1.807) is 0 Å². The van der Waals surface area contributed by atoms with Crippen LogP contribution in [0.5, 0.6) is 5.75 Å². The molecule has 0 saturated carbocycles. The Balaban J connectivity index is 2.31. The van der Waals surface area contributed by atoms with Gasteiger partial charge in [0, 0.05) is 11.1 Å². The molecule has 0 aliphatic rings. The second kappa shape index (κ2) is 5.83. The van der Waals surface area contributed by atoms with Crippen molar-refractivity contribution in [3.05, 3.63) is 64.7 Å². The fourth-order valence-corrected chi connectivity index (χ4v) is 1.78. The summed E-state index contributed by atoms with van der Waals surface area (Å²) in [4.78, 5) is 10.7. The van der Waals surface area contributed by atoms with Crippen LogP contribution in [0, 0.1) is 0 Å². The van der Waals surface area contributed by atoms with Crippen LogP contribution in [0.2, 0.25) is 0 Å². The number of carbonyl (C=O) groups is 1. The molecule has 2 rings (SSSR count). The van der Waals surface area contributed by atoms with Crippen molar-refractivity contribution in [2.75, 3.05) is 0 Å². The van der Waals surface area contributed by atoms with E-state index in [0.29, 0.717) is 23.0 Å². The van der Waals surface area contributed by atoms with Crippen LogP contribution in [0.4, 0.5) is 13.2 Å². The minimum Gasteiger partial charge on any atom is -0.507 e. The lowest BCUT2D eigenvalue weighted by Gasteiger charge is -2.06. The number of alkyl halides is 3. The van der Waals surface area contributed by atoms with Crippen LogP contribution in [0.1, 0.15) is 27.0 Å². The number of hydrogen-bond donors (Lipinski definition) is 1. The third kappa shape index (κ3) is 3.72. The Morgan fingerprint density at radius 2 is 1.71 bits per heavy atom. The summed E-state index contributed by atoms with van der Waals surface area (Å²) in [6.07, 6.45) is -0.874. The molecule has 0 unspecified atom stereocenters. The van der Waals surface area contributed by atoms with Gasteiger partial charge in [-0.15, -0.1) is 0 Å². The van der Waals surface area contributed by atoms with Crippen LogP contribution in [0.3, 0.4) is 0 Å². The SMILES string of the molecule is O=Cc1ccc(O)c(C=Cc2cccc(C(F)(F)F)c2)c1. The lowest BCUT2D eigenvalue weighted by atomic mass is 10.1. The molecule has 0 aromatic heterocycles. The van der Waals surface area contributed by atoms with E-state index in [1.807, 2.05) is 0 Å². The summed E-state index contributed by atoms with van der Waals surface area (Å²) < 4.78 is 37.8. The zero-order valence-corrected chi connectivity index (χ0v) is 10.8. The minimum absolute atomic E-state index is 0.0520. The standard InChI is InChI=1S/C16H11F3O2/c17-16(18,19)14-3-1-2-11(9-14)4-6-13-8-12(10-20)5-7-15(13)21/h1-10,21H. The number of hydrogen-bond acceptors (Lipinski definition) is 2. The average Bonchev–Trinajstić information content (AvgIpc) is 2.46. The highest BCUT2D eigenvalue weighted by Gasteiger charge is 2.30. The van der Waals surface area contributed by atoms with Crippen molar-refractivity contribution in [3.63, 3.8) is 0 Å². The second-order valence-corrected chi connectivity index (χ2v) is 4.39. The quantitative estimate of drug-likeness (QED) is 0.672. The van der Waals surface area contributed by atoms with E-state index in [1.165, 1.54) is 42.5 Å². The summed E-state index contributed by atoms with van der Waals surface area (Å²) in [7, 11) is 0. The Morgan fingerprint density at radius 3 is 2.38 bits per heavy atom. The van der Waals surface area contributed by atoms with Crippen LogP contribution < -0.4 is 0 Å². The van der Waals surface area contributed by atoms with Crippen molar-refractivity contribution >= 4 is 18.4 Å². The van der Waals surface area contributed by atoms with Gasteiger partial charge in [-0.1, -0.05) is 24.3 Å². The summed E-state index contributed by atoms with van der Waals surface area (Å²) in [5.41, 5.74) is 0.338. The first-order valence-electron chi connectivity index (χ1n) is 6.04. The first-order chi connectivity index (χ1) is 9.90. The van der Waals surface area contributed by atoms with Crippen molar-refractivity contribution < 1.29 is 23.1 Å². The topological polar surface area (TPSA) is 37.3 Å². The molecule has 21 heavy (non-hydrogen) atoms. The summed E-state index contributed by atoms with van der Waals surface area (Å²) in [6.45, 7) is 0. The molecular formula is C16H11F3O2. The summed E-state index contributed by atoms with van der Waals surface area (Å²) in [6, 6.07) is 9.08. The van der Waals surface area contributed by atoms with Gasteiger partial charge in [0.1, 0.15) is 12.0 Å². The molecule has 0 fully saturated rings. The molecular weight excluding hydrogens is 281 g/mol. The minimum atomic E-state index is -4.40. The number of carbonyl (C=O) groups excluding carboxylic acids is 1. The largest absolute Gasteiger partial charge is 0.507 e. The van der Waals surface area contributed by atoms with Gasteiger partial charge >= 0.3 is 6.18 Å². The molecule has 0 amide bonds. The van der Waals surface area contributed by atoms with Gasteiger partial charge in [0.05, 0.1) is 5.56 Å². The molecule has 0 spiro atoms. The number of benzene rings is 2. The predicted octanol–water partition coefficient (Wildman–Crippen LogP) is 4.39. The Hall–Kier alpha value is -2.56. The second-order valence-electron chi connectivity index (χ2n) is 4.39. The van der Waals surface area contributed by atoms with Crippen molar-refractivity contribution in [2.45, 2.75) is 6.18 Å². The van der Waals surface area contributed by atoms with Gasteiger partial charge in [-0.3, -0.25) is 4.79 Å². The van der Waals surface area contributed by atoms with E-state index < -0.39 is 11.7 Å². The van der Waals surface area contributed by atoms with Crippen LogP contribution in [0.15, 0.2) is 42.5 Å². The number of rotatable bonds is 3. The maximum absolute atomic E-state index is 12.6. The highest BCUT2D eigenvalue weighted by molar-refractivity contribution is 5.80. The molecule has 0 radical (unpaired) electrons. The molecule has 0 atom stereocenters. The summed E-state index contributed by atoms with van der Waals surface area (Å²) in [5.74, 6) is -0.0520. The lowest BCUT2D eigenvalue weighted by molar-refractivity contribution is -0.137. The molecule has 1 N–H and O–H groups in total.